The zero-order valence-electron chi connectivity index (χ0n) is 18.0. The van der Waals surface area contributed by atoms with Gasteiger partial charge in [-0.2, -0.15) is 0 Å². The number of amides is 2. The molecule has 0 bridgehead atoms. The Kier molecular flexibility index (Phi) is 9.87. The van der Waals surface area contributed by atoms with Crippen molar-refractivity contribution in [3.63, 3.8) is 0 Å². The van der Waals surface area contributed by atoms with Gasteiger partial charge >= 0.3 is 0 Å². The van der Waals surface area contributed by atoms with Crippen LogP contribution in [0.4, 0.5) is 4.39 Å². The van der Waals surface area contributed by atoms with E-state index in [0.717, 1.165) is 29.7 Å². The first-order valence-electron chi connectivity index (χ1n) is 10.4. The van der Waals surface area contributed by atoms with Crippen LogP contribution in [-0.4, -0.2) is 35.1 Å². The Morgan fingerprint density at radius 2 is 1.70 bits per heavy atom. The fraction of sp³-hybridized carbons (Fsp3) is 0.417. The highest BCUT2D eigenvalue weighted by atomic mass is 32.2. The molecule has 0 aliphatic rings. The molecule has 0 fully saturated rings. The minimum atomic E-state index is -0.598. The van der Waals surface area contributed by atoms with Crippen LogP contribution < -0.4 is 5.32 Å². The average Bonchev–Trinajstić information content (AvgIpc) is 2.74. The Morgan fingerprint density at radius 1 is 1.07 bits per heavy atom. The number of hydrogen-bond donors (Lipinski definition) is 1. The molecule has 0 heterocycles. The standard InChI is InChI=1S/C24H31FN2O2S/c1-4-5-14-26-24(29)19(3)27(15-20-10-12-22(25)13-11-20)23(28)17-30-16-21-8-6-18(2)7-9-21/h6-13,19H,4-5,14-17H2,1-3H3,(H,26,29)/t19-/m0/s1. The van der Waals surface area contributed by atoms with Crippen molar-refractivity contribution in [2.45, 2.75) is 52.0 Å². The summed E-state index contributed by atoms with van der Waals surface area (Å²) >= 11 is 1.53. The molecule has 0 radical (unpaired) electrons. The van der Waals surface area contributed by atoms with E-state index in [2.05, 4.69) is 36.5 Å². The molecular weight excluding hydrogens is 399 g/mol. The summed E-state index contributed by atoms with van der Waals surface area (Å²) in [6.45, 7) is 6.71. The molecule has 2 amide bonds. The molecule has 0 aliphatic heterocycles. The van der Waals surface area contributed by atoms with Crippen molar-refractivity contribution in [1.82, 2.24) is 10.2 Å². The molecule has 30 heavy (non-hydrogen) atoms. The highest BCUT2D eigenvalue weighted by Crippen LogP contribution is 2.17. The molecule has 0 unspecified atom stereocenters. The minimum Gasteiger partial charge on any atom is -0.354 e. The minimum absolute atomic E-state index is 0.102. The number of benzene rings is 2. The number of unbranched alkanes of at least 4 members (excludes halogenated alkanes) is 1. The first kappa shape index (κ1) is 23.9. The van der Waals surface area contributed by atoms with Crippen LogP contribution in [0.5, 0.6) is 0 Å². The summed E-state index contributed by atoms with van der Waals surface area (Å²) in [4.78, 5) is 27.1. The number of nitrogens with zero attached hydrogens (tertiary/aromatic N) is 1. The molecule has 0 aromatic heterocycles. The maximum absolute atomic E-state index is 13.2. The van der Waals surface area contributed by atoms with Gasteiger partial charge in [0.2, 0.25) is 11.8 Å². The van der Waals surface area contributed by atoms with Gasteiger partial charge in [-0.15, -0.1) is 11.8 Å². The molecule has 2 aromatic carbocycles. The smallest absolute Gasteiger partial charge is 0.242 e. The number of rotatable bonds is 11. The lowest BCUT2D eigenvalue weighted by atomic mass is 10.1. The number of carbonyl (C=O) groups excluding carboxylic acids is 2. The van der Waals surface area contributed by atoms with E-state index in [0.29, 0.717) is 6.54 Å². The van der Waals surface area contributed by atoms with E-state index in [9.17, 15) is 14.0 Å². The number of nitrogens with one attached hydrogen (secondary N) is 1. The second kappa shape index (κ2) is 12.4. The van der Waals surface area contributed by atoms with Gasteiger partial charge in [0.15, 0.2) is 0 Å². The molecule has 0 saturated heterocycles. The summed E-state index contributed by atoms with van der Waals surface area (Å²) in [6.07, 6.45) is 1.89. The average molecular weight is 431 g/mol. The van der Waals surface area contributed by atoms with E-state index in [-0.39, 0.29) is 29.9 Å². The highest BCUT2D eigenvalue weighted by Gasteiger charge is 2.25. The Balaban J connectivity index is 2.02. The van der Waals surface area contributed by atoms with Crippen molar-refractivity contribution in [2.75, 3.05) is 12.3 Å². The predicted molar refractivity (Wildman–Crippen MR) is 122 cm³/mol. The normalized spacial score (nSPS) is 11.7. The van der Waals surface area contributed by atoms with Crippen LogP contribution in [0.3, 0.4) is 0 Å². The zero-order valence-corrected chi connectivity index (χ0v) is 18.8. The van der Waals surface area contributed by atoms with Crippen LogP contribution in [0.25, 0.3) is 0 Å². The summed E-state index contributed by atoms with van der Waals surface area (Å²) in [5, 5.41) is 2.90. The van der Waals surface area contributed by atoms with Gasteiger partial charge in [-0.05, 0) is 43.5 Å². The third kappa shape index (κ3) is 7.82. The van der Waals surface area contributed by atoms with E-state index in [1.807, 2.05) is 6.92 Å². The number of hydrogen-bond acceptors (Lipinski definition) is 3. The molecule has 0 aliphatic carbocycles. The Bertz CT molecular complexity index is 809. The first-order chi connectivity index (χ1) is 14.4. The molecule has 1 atom stereocenters. The van der Waals surface area contributed by atoms with Crippen LogP contribution in [0.15, 0.2) is 48.5 Å². The van der Waals surface area contributed by atoms with Gasteiger partial charge in [0.1, 0.15) is 11.9 Å². The molecule has 2 rings (SSSR count). The summed E-state index contributed by atoms with van der Waals surface area (Å²) in [5.74, 6) is 0.419. The van der Waals surface area contributed by atoms with Crippen molar-refractivity contribution in [2.24, 2.45) is 0 Å². The quantitative estimate of drug-likeness (QED) is 0.526. The predicted octanol–water partition coefficient (Wildman–Crippen LogP) is 4.70. The second-order valence-electron chi connectivity index (χ2n) is 7.45. The van der Waals surface area contributed by atoms with Crippen LogP contribution in [0.2, 0.25) is 0 Å². The van der Waals surface area contributed by atoms with Crippen molar-refractivity contribution in [3.05, 3.63) is 71.0 Å². The van der Waals surface area contributed by atoms with Crippen LogP contribution in [-0.2, 0) is 21.9 Å². The molecule has 4 nitrogen and oxygen atoms in total. The van der Waals surface area contributed by atoms with Gasteiger partial charge in [-0.25, -0.2) is 4.39 Å². The monoisotopic (exact) mass is 430 g/mol. The molecule has 162 valence electrons. The fourth-order valence-corrected chi connectivity index (χ4v) is 3.80. The summed E-state index contributed by atoms with van der Waals surface area (Å²) in [6, 6.07) is 13.7. The van der Waals surface area contributed by atoms with Crippen LogP contribution in [0.1, 0.15) is 43.4 Å². The SMILES string of the molecule is CCCCNC(=O)[C@H](C)N(Cc1ccc(F)cc1)C(=O)CSCc1ccc(C)cc1. The zero-order chi connectivity index (χ0) is 21.9. The number of aryl methyl sites for hydroxylation is 1. The lowest BCUT2D eigenvalue weighted by Crippen LogP contribution is -2.48. The lowest BCUT2D eigenvalue weighted by molar-refractivity contribution is -0.138. The molecule has 2 aromatic rings. The van der Waals surface area contributed by atoms with Crippen LogP contribution >= 0.6 is 11.8 Å². The van der Waals surface area contributed by atoms with Gasteiger partial charge < -0.3 is 10.2 Å². The van der Waals surface area contributed by atoms with E-state index < -0.39 is 6.04 Å². The van der Waals surface area contributed by atoms with E-state index in [4.69, 9.17) is 0 Å². The summed E-state index contributed by atoms with van der Waals surface area (Å²) < 4.78 is 13.2. The molecule has 6 heteroatoms. The maximum Gasteiger partial charge on any atom is 0.242 e. The largest absolute Gasteiger partial charge is 0.354 e. The molecule has 0 spiro atoms. The topological polar surface area (TPSA) is 49.4 Å². The molecular formula is C24H31FN2O2S. The van der Waals surface area contributed by atoms with Gasteiger partial charge in [0.25, 0.3) is 0 Å². The Hall–Kier alpha value is -2.34. The van der Waals surface area contributed by atoms with Crippen molar-refractivity contribution in [3.8, 4) is 0 Å². The third-order valence-electron chi connectivity index (χ3n) is 4.88. The van der Waals surface area contributed by atoms with E-state index >= 15 is 0 Å². The molecule has 0 saturated carbocycles. The van der Waals surface area contributed by atoms with Crippen molar-refractivity contribution in [1.29, 1.82) is 0 Å². The number of thioether (sulfide) groups is 1. The van der Waals surface area contributed by atoms with Gasteiger partial charge in [-0.3, -0.25) is 9.59 Å². The van der Waals surface area contributed by atoms with E-state index in [1.54, 1.807) is 24.0 Å². The van der Waals surface area contributed by atoms with Gasteiger partial charge in [0.05, 0.1) is 5.75 Å². The number of halogens is 1. The highest BCUT2D eigenvalue weighted by molar-refractivity contribution is 7.99. The van der Waals surface area contributed by atoms with Crippen LogP contribution in [0, 0.1) is 12.7 Å². The lowest BCUT2D eigenvalue weighted by Gasteiger charge is -2.28. The van der Waals surface area contributed by atoms with E-state index in [1.165, 1.54) is 29.5 Å². The van der Waals surface area contributed by atoms with Crippen molar-refractivity contribution < 1.29 is 14.0 Å². The number of carbonyl (C=O) groups is 2. The van der Waals surface area contributed by atoms with Crippen molar-refractivity contribution >= 4 is 23.6 Å². The Morgan fingerprint density at radius 3 is 2.33 bits per heavy atom. The Labute approximate surface area is 183 Å². The maximum atomic E-state index is 13.2. The summed E-state index contributed by atoms with van der Waals surface area (Å²) in [5.41, 5.74) is 3.16. The van der Waals surface area contributed by atoms with Gasteiger partial charge in [0, 0.05) is 18.8 Å². The molecule has 1 N–H and O–H groups in total. The third-order valence-corrected chi connectivity index (χ3v) is 5.87. The summed E-state index contributed by atoms with van der Waals surface area (Å²) in [7, 11) is 0. The van der Waals surface area contributed by atoms with Gasteiger partial charge in [-0.1, -0.05) is 55.3 Å². The second-order valence-corrected chi connectivity index (χ2v) is 8.43. The fourth-order valence-electron chi connectivity index (χ4n) is 2.93. The first-order valence-corrected chi connectivity index (χ1v) is 11.5.